The maximum Gasteiger partial charge on any atom is 0.235 e. The molecule has 1 rings (SSSR count). The molecule has 0 saturated heterocycles. The third kappa shape index (κ3) is 2.66. The van der Waals surface area contributed by atoms with Crippen molar-refractivity contribution in [3.05, 3.63) is 33.3 Å². The summed E-state index contributed by atoms with van der Waals surface area (Å²) in [6, 6.07) is 5.26. The molecule has 1 aromatic carbocycles. The summed E-state index contributed by atoms with van der Waals surface area (Å²) in [5, 5.41) is 0.644. The van der Waals surface area contributed by atoms with Crippen molar-refractivity contribution in [2.45, 2.75) is 13.0 Å². The SMILES string of the molecule is CC(N=C=O)c1ccc(Cl)c(Br)c1. The van der Waals surface area contributed by atoms with Gasteiger partial charge >= 0.3 is 0 Å². The third-order valence-electron chi connectivity index (χ3n) is 1.67. The quantitative estimate of drug-likeness (QED) is 0.591. The Morgan fingerprint density at radius 3 is 2.85 bits per heavy atom. The Balaban J connectivity index is 3.03. The van der Waals surface area contributed by atoms with Gasteiger partial charge in [-0.05, 0) is 40.5 Å². The first-order valence-corrected chi connectivity index (χ1v) is 4.84. The highest BCUT2D eigenvalue weighted by Crippen LogP contribution is 2.26. The van der Waals surface area contributed by atoms with E-state index in [4.69, 9.17) is 11.6 Å². The molecule has 0 saturated carbocycles. The normalized spacial score (nSPS) is 11.9. The molecule has 0 amide bonds. The second-order valence-electron chi connectivity index (χ2n) is 2.57. The monoisotopic (exact) mass is 259 g/mol. The van der Waals surface area contributed by atoms with Crippen LogP contribution in [0.15, 0.2) is 27.7 Å². The summed E-state index contributed by atoms with van der Waals surface area (Å²) in [5.41, 5.74) is 0.930. The van der Waals surface area contributed by atoms with E-state index in [9.17, 15) is 4.79 Å². The van der Waals surface area contributed by atoms with Gasteiger partial charge in [-0.25, -0.2) is 4.79 Å². The Morgan fingerprint density at radius 1 is 1.62 bits per heavy atom. The Morgan fingerprint density at radius 2 is 2.31 bits per heavy atom. The number of nitrogens with zero attached hydrogens (tertiary/aromatic N) is 1. The smallest absolute Gasteiger partial charge is 0.211 e. The van der Waals surface area contributed by atoms with Crippen LogP contribution in [-0.4, -0.2) is 6.08 Å². The summed E-state index contributed by atoms with van der Waals surface area (Å²) in [4.78, 5) is 13.6. The summed E-state index contributed by atoms with van der Waals surface area (Å²) < 4.78 is 0.805. The summed E-state index contributed by atoms with van der Waals surface area (Å²) in [6.07, 6.45) is 1.53. The van der Waals surface area contributed by atoms with Crippen molar-refractivity contribution in [1.82, 2.24) is 0 Å². The highest BCUT2D eigenvalue weighted by atomic mass is 79.9. The van der Waals surface area contributed by atoms with Crippen molar-refractivity contribution in [3.8, 4) is 0 Å². The average Bonchev–Trinajstić information content (AvgIpc) is 2.10. The van der Waals surface area contributed by atoms with E-state index in [1.54, 1.807) is 6.07 Å². The van der Waals surface area contributed by atoms with Gasteiger partial charge in [-0.3, -0.25) is 0 Å². The molecule has 0 heterocycles. The van der Waals surface area contributed by atoms with Gasteiger partial charge in [-0.2, -0.15) is 4.99 Å². The maximum atomic E-state index is 10.0. The fraction of sp³-hybridized carbons (Fsp3) is 0.222. The van der Waals surface area contributed by atoms with E-state index in [0.29, 0.717) is 5.02 Å². The predicted molar refractivity (Wildman–Crippen MR) is 55.7 cm³/mol. The van der Waals surface area contributed by atoms with E-state index in [2.05, 4.69) is 20.9 Å². The second kappa shape index (κ2) is 4.56. The molecule has 0 aliphatic carbocycles. The minimum absolute atomic E-state index is 0.175. The fourth-order valence-corrected chi connectivity index (χ4v) is 1.44. The number of carbonyl (C=O) groups excluding carboxylic acids is 1. The molecule has 13 heavy (non-hydrogen) atoms. The van der Waals surface area contributed by atoms with Gasteiger partial charge < -0.3 is 0 Å². The van der Waals surface area contributed by atoms with Gasteiger partial charge in [0.2, 0.25) is 6.08 Å². The van der Waals surface area contributed by atoms with E-state index >= 15 is 0 Å². The first-order chi connectivity index (χ1) is 6.15. The fourth-order valence-electron chi connectivity index (χ4n) is 0.926. The molecular weight excluding hydrogens is 253 g/mol. The molecule has 2 nitrogen and oxygen atoms in total. The Hall–Kier alpha value is -0.630. The van der Waals surface area contributed by atoms with E-state index in [1.807, 2.05) is 19.1 Å². The molecule has 0 radical (unpaired) electrons. The van der Waals surface area contributed by atoms with Crippen molar-refractivity contribution in [3.63, 3.8) is 0 Å². The van der Waals surface area contributed by atoms with Gasteiger partial charge in [0.25, 0.3) is 0 Å². The van der Waals surface area contributed by atoms with Crippen LogP contribution < -0.4 is 0 Å². The van der Waals surface area contributed by atoms with Crippen LogP contribution in [0.5, 0.6) is 0 Å². The third-order valence-corrected chi connectivity index (χ3v) is 2.89. The molecule has 1 atom stereocenters. The van der Waals surface area contributed by atoms with Gasteiger partial charge in [-0.1, -0.05) is 17.7 Å². The number of rotatable bonds is 2. The van der Waals surface area contributed by atoms with E-state index in [1.165, 1.54) is 6.08 Å². The molecule has 0 aromatic heterocycles. The lowest BCUT2D eigenvalue weighted by Gasteiger charge is -2.05. The zero-order chi connectivity index (χ0) is 9.84. The highest BCUT2D eigenvalue weighted by Gasteiger charge is 2.05. The molecule has 4 heteroatoms. The number of aliphatic imine (C=N–C) groups is 1. The second-order valence-corrected chi connectivity index (χ2v) is 3.83. The van der Waals surface area contributed by atoms with Crippen molar-refractivity contribution >= 4 is 33.6 Å². The summed E-state index contributed by atoms with van der Waals surface area (Å²) in [5.74, 6) is 0. The van der Waals surface area contributed by atoms with Crippen LogP contribution in [0.4, 0.5) is 0 Å². The number of benzene rings is 1. The van der Waals surface area contributed by atoms with Gasteiger partial charge in [-0.15, -0.1) is 0 Å². The lowest BCUT2D eigenvalue weighted by atomic mass is 10.1. The molecule has 0 spiro atoms. The van der Waals surface area contributed by atoms with E-state index in [0.717, 1.165) is 10.0 Å². The molecule has 0 aliphatic heterocycles. The minimum atomic E-state index is -0.175. The largest absolute Gasteiger partial charge is 0.235 e. The lowest BCUT2D eigenvalue weighted by Crippen LogP contribution is -1.88. The number of hydrogen-bond acceptors (Lipinski definition) is 2. The van der Waals surface area contributed by atoms with E-state index in [-0.39, 0.29) is 6.04 Å². The van der Waals surface area contributed by atoms with Crippen molar-refractivity contribution < 1.29 is 4.79 Å². The van der Waals surface area contributed by atoms with Crippen LogP contribution >= 0.6 is 27.5 Å². The Labute approximate surface area is 89.8 Å². The average molecular weight is 261 g/mol. The minimum Gasteiger partial charge on any atom is -0.211 e. The van der Waals surface area contributed by atoms with Crippen LogP contribution in [0.2, 0.25) is 5.02 Å². The van der Waals surface area contributed by atoms with Crippen LogP contribution in [0.25, 0.3) is 0 Å². The molecule has 0 aliphatic rings. The zero-order valence-electron chi connectivity index (χ0n) is 6.92. The van der Waals surface area contributed by atoms with Gasteiger partial charge in [0.05, 0.1) is 11.1 Å². The van der Waals surface area contributed by atoms with Crippen LogP contribution in [0, 0.1) is 0 Å². The highest BCUT2D eigenvalue weighted by molar-refractivity contribution is 9.10. The first-order valence-electron chi connectivity index (χ1n) is 3.67. The lowest BCUT2D eigenvalue weighted by molar-refractivity contribution is 0.559. The topological polar surface area (TPSA) is 29.4 Å². The summed E-state index contributed by atoms with van der Waals surface area (Å²) in [7, 11) is 0. The predicted octanol–water partition coefficient (Wildman–Crippen LogP) is 3.50. The molecule has 1 unspecified atom stereocenters. The molecule has 1 aromatic rings. The van der Waals surface area contributed by atoms with Gasteiger partial charge in [0.15, 0.2) is 0 Å². The zero-order valence-corrected chi connectivity index (χ0v) is 9.26. The van der Waals surface area contributed by atoms with Crippen molar-refractivity contribution in [2.24, 2.45) is 4.99 Å². The van der Waals surface area contributed by atoms with Crippen LogP contribution in [0.3, 0.4) is 0 Å². The van der Waals surface area contributed by atoms with Crippen molar-refractivity contribution in [1.29, 1.82) is 0 Å². The number of hydrogen-bond donors (Lipinski definition) is 0. The van der Waals surface area contributed by atoms with Crippen LogP contribution in [0.1, 0.15) is 18.5 Å². The van der Waals surface area contributed by atoms with Gasteiger partial charge in [0.1, 0.15) is 0 Å². The van der Waals surface area contributed by atoms with Gasteiger partial charge in [0, 0.05) is 4.47 Å². The van der Waals surface area contributed by atoms with Crippen molar-refractivity contribution in [2.75, 3.05) is 0 Å². The molecule has 68 valence electrons. The Bertz CT molecular complexity index is 361. The molecule has 0 fully saturated rings. The molecule has 0 N–H and O–H groups in total. The summed E-state index contributed by atoms with van der Waals surface area (Å²) >= 11 is 9.10. The maximum absolute atomic E-state index is 10.0. The molecule has 0 bridgehead atoms. The molecular formula is C9H7BrClNO. The summed E-state index contributed by atoms with van der Waals surface area (Å²) in [6.45, 7) is 1.82. The first kappa shape index (κ1) is 10.5. The Kier molecular flexibility index (Phi) is 3.67. The number of isocyanates is 1. The van der Waals surface area contributed by atoms with Crippen LogP contribution in [-0.2, 0) is 4.79 Å². The van der Waals surface area contributed by atoms with E-state index < -0.39 is 0 Å². The number of halogens is 2. The standard InChI is InChI=1S/C9H7BrClNO/c1-6(12-5-13)7-2-3-9(11)8(10)4-7/h2-4,6H,1H3.